The number of nitrogens with one attached hydrogen (secondary N) is 2. The van der Waals surface area contributed by atoms with Crippen LogP contribution in [0.15, 0.2) is 35.3 Å². The van der Waals surface area contributed by atoms with E-state index in [1.807, 2.05) is 18.2 Å². The van der Waals surface area contributed by atoms with Crippen molar-refractivity contribution in [1.82, 2.24) is 15.5 Å². The molecule has 0 spiro atoms. The largest absolute Gasteiger partial charge is 0.396 e. The SMILES string of the molecule is CN=C(NCCN1CCCCCC1)NCC(CO)c1ccccc1. The van der Waals surface area contributed by atoms with Gasteiger partial charge in [0.25, 0.3) is 0 Å². The lowest BCUT2D eigenvalue weighted by Crippen LogP contribution is -2.43. The molecule has 24 heavy (non-hydrogen) atoms. The molecule has 1 atom stereocenters. The molecule has 1 fully saturated rings. The molecule has 0 aliphatic carbocycles. The number of rotatable bonds is 7. The summed E-state index contributed by atoms with van der Waals surface area (Å²) in [5, 5.41) is 16.3. The zero-order chi connectivity index (χ0) is 17.0. The minimum absolute atomic E-state index is 0.0790. The third-order valence-corrected chi connectivity index (χ3v) is 4.65. The van der Waals surface area contributed by atoms with E-state index in [-0.39, 0.29) is 12.5 Å². The Kier molecular flexibility index (Phi) is 8.63. The zero-order valence-corrected chi connectivity index (χ0v) is 14.9. The first-order chi connectivity index (χ1) is 11.8. The van der Waals surface area contributed by atoms with Gasteiger partial charge in [0.2, 0.25) is 0 Å². The van der Waals surface area contributed by atoms with Crippen molar-refractivity contribution >= 4 is 5.96 Å². The third kappa shape index (κ3) is 6.49. The Morgan fingerprint density at radius 3 is 2.46 bits per heavy atom. The van der Waals surface area contributed by atoms with Gasteiger partial charge >= 0.3 is 0 Å². The summed E-state index contributed by atoms with van der Waals surface area (Å²) in [6, 6.07) is 10.1. The summed E-state index contributed by atoms with van der Waals surface area (Å²) in [5.41, 5.74) is 1.15. The number of likely N-dealkylation sites (tertiary alicyclic amines) is 1. The topological polar surface area (TPSA) is 59.9 Å². The van der Waals surface area contributed by atoms with Crippen LogP contribution in [0.5, 0.6) is 0 Å². The van der Waals surface area contributed by atoms with Gasteiger partial charge in [0.1, 0.15) is 0 Å². The number of guanidine groups is 1. The van der Waals surface area contributed by atoms with Crippen molar-refractivity contribution in [1.29, 1.82) is 0 Å². The number of hydrogen-bond acceptors (Lipinski definition) is 3. The van der Waals surface area contributed by atoms with Crippen molar-refractivity contribution < 1.29 is 5.11 Å². The van der Waals surface area contributed by atoms with Gasteiger partial charge < -0.3 is 20.6 Å². The van der Waals surface area contributed by atoms with Crippen LogP contribution in [-0.2, 0) is 0 Å². The molecule has 1 unspecified atom stereocenters. The molecule has 1 aromatic carbocycles. The molecule has 1 aliphatic rings. The number of aliphatic imine (C=N–C) groups is 1. The molecule has 0 aromatic heterocycles. The van der Waals surface area contributed by atoms with E-state index in [2.05, 4.69) is 32.7 Å². The Bertz CT molecular complexity index is 470. The summed E-state index contributed by atoms with van der Waals surface area (Å²) in [6.45, 7) is 5.19. The summed E-state index contributed by atoms with van der Waals surface area (Å²) >= 11 is 0. The van der Waals surface area contributed by atoms with Crippen LogP contribution in [0, 0.1) is 0 Å². The summed E-state index contributed by atoms with van der Waals surface area (Å²) < 4.78 is 0. The first-order valence-corrected chi connectivity index (χ1v) is 9.16. The summed E-state index contributed by atoms with van der Waals surface area (Å²) in [6.07, 6.45) is 5.38. The first-order valence-electron chi connectivity index (χ1n) is 9.16. The maximum atomic E-state index is 9.63. The van der Waals surface area contributed by atoms with Crippen molar-refractivity contribution in [2.45, 2.75) is 31.6 Å². The molecule has 5 heteroatoms. The Hall–Kier alpha value is -1.59. The average molecular weight is 332 g/mol. The van der Waals surface area contributed by atoms with Crippen LogP contribution in [0.3, 0.4) is 0 Å². The van der Waals surface area contributed by atoms with Gasteiger partial charge in [-0.05, 0) is 31.5 Å². The number of aliphatic hydroxyl groups is 1. The highest BCUT2D eigenvalue weighted by Gasteiger charge is 2.11. The lowest BCUT2D eigenvalue weighted by molar-refractivity contribution is 0.265. The van der Waals surface area contributed by atoms with E-state index in [9.17, 15) is 5.11 Å². The van der Waals surface area contributed by atoms with E-state index in [0.717, 1.165) is 24.6 Å². The standard InChI is InChI=1S/C19H32N4O/c1-20-19(21-11-14-23-12-7-2-3-8-13-23)22-15-18(16-24)17-9-5-4-6-10-17/h4-6,9-10,18,24H,2-3,7-8,11-16H2,1H3,(H2,20,21,22). The molecule has 5 nitrogen and oxygen atoms in total. The minimum atomic E-state index is 0.0790. The molecule has 1 heterocycles. The fourth-order valence-corrected chi connectivity index (χ4v) is 3.15. The van der Waals surface area contributed by atoms with Crippen molar-refractivity contribution in [2.75, 3.05) is 46.4 Å². The molecule has 1 aliphatic heterocycles. The molecule has 1 aromatic rings. The van der Waals surface area contributed by atoms with Crippen LogP contribution in [-0.4, -0.2) is 62.3 Å². The maximum Gasteiger partial charge on any atom is 0.191 e. The van der Waals surface area contributed by atoms with Crippen LogP contribution in [0.1, 0.15) is 37.2 Å². The third-order valence-electron chi connectivity index (χ3n) is 4.65. The monoisotopic (exact) mass is 332 g/mol. The van der Waals surface area contributed by atoms with E-state index in [1.165, 1.54) is 38.8 Å². The summed E-state index contributed by atoms with van der Waals surface area (Å²) in [7, 11) is 1.79. The highest BCUT2D eigenvalue weighted by molar-refractivity contribution is 5.79. The lowest BCUT2D eigenvalue weighted by atomic mass is 10.0. The van der Waals surface area contributed by atoms with E-state index in [4.69, 9.17) is 0 Å². The highest BCUT2D eigenvalue weighted by atomic mass is 16.3. The van der Waals surface area contributed by atoms with E-state index < -0.39 is 0 Å². The Morgan fingerprint density at radius 1 is 1.12 bits per heavy atom. The number of hydrogen-bond donors (Lipinski definition) is 3. The van der Waals surface area contributed by atoms with Crippen molar-refractivity contribution in [3.63, 3.8) is 0 Å². The van der Waals surface area contributed by atoms with E-state index in [1.54, 1.807) is 7.05 Å². The van der Waals surface area contributed by atoms with Gasteiger partial charge in [0.05, 0.1) is 6.61 Å². The molecular formula is C19H32N4O. The second-order valence-corrected chi connectivity index (χ2v) is 6.43. The molecule has 0 bridgehead atoms. The highest BCUT2D eigenvalue weighted by Crippen LogP contribution is 2.13. The molecule has 2 rings (SSSR count). The quantitative estimate of drug-likeness (QED) is 0.526. The Labute approximate surface area is 146 Å². The molecule has 0 saturated carbocycles. The lowest BCUT2D eigenvalue weighted by Gasteiger charge is -2.21. The van der Waals surface area contributed by atoms with Crippen LogP contribution in [0.25, 0.3) is 0 Å². The van der Waals surface area contributed by atoms with Crippen LogP contribution in [0.4, 0.5) is 0 Å². The molecule has 134 valence electrons. The number of nitrogens with zero attached hydrogens (tertiary/aromatic N) is 2. The van der Waals surface area contributed by atoms with Crippen LogP contribution >= 0.6 is 0 Å². The summed E-state index contributed by atoms with van der Waals surface area (Å²) in [5.74, 6) is 0.884. The second-order valence-electron chi connectivity index (χ2n) is 6.43. The normalized spacial score (nSPS) is 18.0. The van der Waals surface area contributed by atoms with Crippen molar-refractivity contribution in [3.05, 3.63) is 35.9 Å². The van der Waals surface area contributed by atoms with Gasteiger partial charge in [-0.3, -0.25) is 4.99 Å². The number of aliphatic hydroxyl groups excluding tert-OH is 1. The minimum Gasteiger partial charge on any atom is -0.396 e. The fourth-order valence-electron chi connectivity index (χ4n) is 3.15. The smallest absolute Gasteiger partial charge is 0.191 e. The maximum absolute atomic E-state index is 9.63. The van der Waals surface area contributed by atoms with Gasteiger partial charge in [0.15, 0.2) is 5.96 Å². The van der Waals surface area contributed by atoms with Gasteiger partial charge in [0, 0.05) is 32.6 Å². The summed E-state index contributed by atoms with van der Waals surface area (Å²) in [4.78, 5) is 6.82. The van der Waals surface area contributed by atoms with Crippen LogP contribution < -0.4 is 10.6 Å². The molecule has 0 radical (unpaired) electrons. The van der Waals surface area contributed by atoms with Gasteiger partial charge in [-0.1, -0.05) is 43.2 Å². The first kappa shape index (κ1) is 18.7. The fraction of sp³-hybridized carbons (Fsp3) is 0.632. The van der Waals surface area contributed by atoms with Gasteiger partial charge in [-0.15, -0.1) is 0 Å². The average Bonchev–Trinajstić information content (AvgIpc) is 2.90. The Morgan fingerprint density at radius 2 is 1.83 bits per heavy atom. The predicted molar refractivity (Wildman–Crippen MR) is 101 cm³/mol. The van der Waals surface area contributed by atoms with Crippen LogP contribution in [0.2, 0.25) is 0 Å². The molecule has 0 amide bonds. The van der Waals surface area contributed by atoms with Gasteiger partial charge in [-0.2, -0.15) is 0 Å². The van der Waals surface area contributed by atoms with E-state index in [0.29, 0.717) is 6.54 Å². The second kappa shape index (κ2) is 11.0. The number of benzene rings is 1. The van der Waals surface area contributed by atoms with Gasteiger partial charge in [-0.25, -0.2) is 0 Å². The van der Waals surface area contributed by atoms with E-state index >= 15 is 0 Å². The zero-order valence-electron chi connectivity index (χ0n) is 14.9. The van der Waals surface area contributed by atoms with Crippen molar-refractivity contribution in [2.24, 2.45) is 4.99 Å². The predicted octanol–water partition coefficient (Wildman–Crippen LogP) is 1.80. The molecular weight excluding hydrogens is 300 g/mol. The van der Waals surface area contributed by atoms with Crippen molar-refractivity contribution in [3.8, 4) is 0 Å². The molecule has 1 saturated heterocycles. The molecule has 3 N–H and O–H groups in total. The Balaban J connectivity index is 1.71.